The summed E-state index contributed by atoms with van der Waals surface area (Å²) >= 11 is 0. The topological polar surface area (TPSA) is 0 Å². The smallest absolute Gasteiger partial charge is 0.0620 e. The van der Waals surface area contributed by atoms with Crippen molar-refractivity contribution in [1.29, 1.82) is 0 Å². The van der Waals surface area contributed by atoms with Crippen molar-refractivity contribution in [2.75, 3.05) is 0 Å². The van der Waals surface area contributed by atoms with Crippen LogP contribution in [0.25, 0.3) is 0 Å². The zero-order chi connectivity index (χ0) is 10.6. The molecule has 2 heteroatoms. The van der Waals surface area contributed by atoms with E-state index in [9.17, 15) is 0 Å². The summed E-state index contributed by atoms with van der Waals surface area (Å²) in [7, 11) is 12.1. The second-order valence-electron chi connectivity index (χ2n) is 6.54. The number of fused-ring (bicyclic) bond motifs is 5. The molecule has 2 bridgehead atoms. The highest BCUT2D eigenvalue weighted by molar-refractivity contribution is 6.39. The molecule has 3 saturated carbocycles. The Balaban J connectivity index is 1.73. The van der Waals surface area contributed by atoms with Crippen molar-refractivity contribution >= 4 is 15.7 Å². The average molecular weight is 198 g/mol. The van der Waals surface area contributed by atoms with Crippen LogP contribution in [0.1, 0.15) is 45.4 Å². The molecule has 0 heterocycles. The van der Waals surface area contributed by atoms with Gasteiger partial charge < -0.3 is 0 Å². The van der Waals surface area contributed by atoms with E-state index in [1.807, 2.05) is 6.92 Å². The predicted molar refractivity (Wildman–Crippen MR) is 65.0 cm³/mol. The molecule has 0 aromatic heterocycles. The van der Waals surface area contributed by atoms with Gasteiger partial charge in [-0.15, -0.1) is 0 Å². The molecule has 0 spiro atoms. The van der Waals surface area contributed by atoms with E-state index in [-0.39, 0.29) is 0 Å². The van der Waals surface area contributed by atoms with Crippen LogP contribution in [0.4, 0.5) is 0 Å². The molecule has 4 radical (unpaired) electrons. The molecule has 78 valence electrons. The second kappa shape index (κ2) is 3.31. The largest absolute Gasteiger partial charge is 0.0990 e. The summed E-state index contributed by atoms with van der Waals surface area (Å²) in [5.74, 6) is 4.70. The molecular formula is C13H20B2. The Morgan fingerprint density at radius 2 is 1.53 bits per heavy atom. The number of hydrogen-bond acceptors (Lipinski definition) is 0. The molecule has 0 aromatic carbocycles. The average Bonchev–Trinajstić information content (AvgIpc) is 2.76. The Morgan fingerprint density at radius 1 is 0.867 bits per heavy atom. The van der Waals surface area contributed by atoms with E-state index >= 15 is 0 Å². The second-order valence-corrected chi connectivity index (χ2v) is 6.54. The van der Waals surface area contributed by atoms with E-state index in [1.54, 1.807) is 0 Å². The van der Waals surface area contributed by atoms with Gasteiger partial charge in [0.25, 0.3) is 0 Å². The van der Waals surface area contributed by atoms with Gasteiger partial charge in [-0.1, -0.05) is 24.5 Å². The summed E-state index contributed by atoms with van der Waals surface area (Å²) < 4.78 is 0. The molecule has 3 aliphatic rings. The Hall–Kier alpha value is 0.130. The van der Waals surface area contributed by atoms with Gasteiger partial charge in [-0.25, -0.2) is 0 Å². The number of hydrogen-bond donors (Lipinski definition) is 0. The number of rotatable bonds is 1. The molecule has 0 aliphatic heterocycles. The van der Waals surface area contributed by atoms with Crippen molar-refractivity contribution in [3.63, 3.8) is 0 Å². The lowest BCUT2D eigenvalue weighted by atomic mass is 9.45. The van der Waals surface area contributed by atoms with E-state index in [0.717, 1.165) is 23.7 Å². The van der Waals surface area contributed by atoms with Crippen LogP contribution in [0.2, 0.25) is 5.21 Å². The molecule has 0 aromatic rings. The normalized spacial score (nSPS) is 49.3. The third-order valence-electron chi connectivity index (χ3n) is 5.56. The fraction of sp³-hybridized carbons (Fsp3) is 1.00. The van der Waals surface area contributed by atoms with Crippen LogP contribution in [-0.4, -0.2) is 15.7 Å². The van der Waals surface area contributed by atoms with Crippen LogP contribution in [-0.2, 0) is 0 Å². The van der Waals surface area contributed by atoms with Gasteiger partial charge in [0.1, 0.15) is 0 Å². The third-order valence-corrected chi connectivity index (χ3v) is 5.56. The summed E-state index contributed by atoms with van der Waals surface area (Å²) in [5, 5.41) is -0.438. The van der Waals surface area contributed by atoms with Gasteiger partial charge in [0.15, 0.2) is 0 Å². The lowest BCUT2D eigenvalue weighted by Crippen LogP contribution is -2.34. The molecule has 0 amide bonds. The van der Waals surface area contributed by atoms with Gasteiger partial charge in [0, 0.05) is 0 Å². The quantitative estimate of drug-likeness (QED) is 0.568. The Kier molecular flexibility index (Phi) is 2.27. The van der Waals surface area contributed by atoms with Crippen molar-refractivity contribution in [2.24, 2.45) is 29.6 Å². The maximum Gasteiger partial charge on any atom is 0.0620 e. The van der Waals surface area contributed by atoms with Crippen LogP contribution in [0.3, 0.4) is 0 Å². The minimum atomic E-state index is -0.438. The van der Waals surface area contributed by atoms with E-state index < -0.39 is 5.21 Å². The minimum absolute atomic E-state index is 0.438. The van der Waals surface area contributed by atoms with Crippen LogP contribution in [0.5, 0.6) is 0 Å². The fourth-order valence-corrected chi connectivity index (χ4v) is 4.75. The van der Waals surface area contributed by atoms with E-state index in [4.69, 9.17) is 15.7 Å². The third kappa shape index (κ3) is 1.59. The predicted octanol–water partition coefficient (Wildman–Crippen LogP) is 2.92. The first-order chi connectivity index (χ1) is 7.05. The molecule has 0 nitrogen and oxygen atoms in total. The molecule has 0 saturated heterocycles. The lowest BCUT2D eigenvalue weighted by molar-refractivity contribution is 0.113. The van der Waals surface area contributed by atoms with Crippen molar-refractivity contribution < 1.29 is 0 Å². The summed E-state index contributed by atoms with van der Waals surface area (Å²) in [6.45, 7) is 2.01. The molecule has 15 heavy (non-hydrogen) atoms. The minimum Gasteiger partial charge on any atom is -0.0990 e. The first kappa shape index (κ1) is 10.3. The van der Waals surface area contributed by atoms with Gasteiger partial charge in [-0.3, -0.25) is 0 Å². The summed E-state index contributed by atoms with van der Waals surface area (Å²) in [5.41, 5.74) is 0. The van der Waals surface area contributed by atoms with Crippen LogP contribution in [0.15, 0.2) is 0 Å². The molecular weight excluding hydrogens is 178 g/mol. The van der Waals surface area contributed by atoms with Crippen LogP contribution >= 0.6 is 0 Å². The van der Waals surface area contributed by atoms with E-state index in [2.05, 4.69) is 0 Å². The maximum absolute atomic E-state index is 6.07. The summed E-state index contributed by atoms with van der Waals surface area (Å²) in [4.78, 5) is 0. The van der Waals surface area contributed by atoms with Gasteiger partial charge in [-0.2, -0.15) is 0 Å². The van der Waals surface area contributed by atoms with Crippen molar-refractivity contribution in [3.05, 3.63) is 0 Å². The molecule has 0 N–H and O–H groups in total. The molecule has 3 fully saturated rings. The SMILES string of the molecule is [B]C([B])(C)C1CCC2C3CCC(C3)C2C1. The first-order valence-corrected chi connectivity index (χ1v) is 6.63. The maximum atomic E-state index is 6.07. The molecule has 3 rings (SSSR count). The molecule has 3 aliphatic carbocycles. The van der Waals surface area contributed by atoms with Crippen molar-refractivity contribution in [3.8, 4) is 0 Å². The van der Waals surface area contributed by atoms with Gasteiger partial charge in [0.05, 0.1) is 15.7 Å². The highest BCUT2D eigenvalue weighted by Crippen LogP contribution is 2.60. The van der Waals surface area contributed by atoms with E-state index in [1.165, 1.54) is 38.5 Å². The van der Waals surface area contributed by atoms with Gasteiger partial charge >= 0.3 is 0 Å². The lowest BCUT2D eigenvalue weighted by Gasteiger charge is -2.44. The Labute approximate surface area is 96.4 Å². The van der Waals surface area contributed by atoms with Crippen molar-refractivity contribution in [1.82, 2.24) is 0 Å². The van der Waals surface area contributed by atoms with E-state index in [0.29, 0.717) is 5.92 Å². The summed E-state index contributed by atoms with van der Waals surface area (Å²) in [6.07, 6.45) is 8.51. The highest BCUT2D eigenvalue weighted by atomic mass is 14.5. The van der Waals surface area contributed by atoms with Gasteiger partial charge in [-0.05, 0) is 55.8 Å². The monoisotopic (exact) mass is 198 g/mol. The highest BCUT2D eigenvalue weighted by Gasteiger charge is 2.50. The molecule has 5 atom stereocenters. The zero-order valence-corrected chi connectivity index (χ0v) is 9.78. The van der Waals surface area contributed by atoms with Crippen molar-refractivity contribution in [2.45, 2.75) is 50.7 Å². The molecule has 5 unspecified atom stereocenters. The summed E-state index contributed by atoms with van der Waals surface area (Å²) in [6, 6.07) is 0. The van der Waals surface area contributed by atoms with Crippen LogP contribution < -0.4 is 0 Å². The fourth-order valence-electron chi connectivity index (χ4n) is 4.75. The van der Waals surface area contributed by atoms with Crippen LogP contribution in [0, 0.1) is 29.6 Å². The Bertz CT molecular complexity index is 256. The van der Waals surface area contributed by atoms with Gasteiger partial charge in [0.2, 0.25) is 0 Å². The Morgan fingerprint density at radius 3 is 2.20 bits per heavy atom. The first-order valence-electron chi connectivity index (χ1n) is 6.63. The zero-order valence-electron chi connectivity index (χ0n) is 9.78. The standard InChI is InChI=1S/C13H20B2/c1-13(14,15)10-4-5-11-8-2-3-9(6-8)12(11)7-10/h8-12H,2-7H2,1H3.